The van der Waals surface area contributed by atoms with E-state index < -0.39 is 28.1 Å². The second-order valence-corrected chi connectivity index (χ2v) is 8.10. The molecule has 2 aliphatic rings. The molecule has 3 rings (SSSR count). The fourth-order valence-corrected chi connectivity index (χ4v) is 4.55. The first-order valence-electron chi connectivity index (χ1n) is 7.87. The van der Waals surface area contributed by atoms with Crippen LogP contribution < -0.4 is 0 Å². The lowest BCUT2D eigenvalue weighted by Gasteiger charge is -2.13. The maximum absolute atomic E-state index is 12.5. The van der Waals surface area contributed by atoms with E-state index in [1.165, 1.54) is 21.1 Å². The Bertz CT molecular complexity index is 763. The molecular weight excluding hydrogens is 336 g/mol. The molecule has 0 aliphatic carbocycles. The van der Waals surface area contributed by atoms with Crippen LogP contribution in [0.2, 0.25) is 0 Å². The molecule has 9 heteroatoms. The van der Waals surface area contributed by atoms with Gasteiger partial charge in [0.1, 0.15) is 16.7 Å². The van der Waals surface area contributed by atoms with Gasteiger partial charge >= 0.3 is 11.9 Å². The molecule has 2 saturated heterocycles. The first-order chi connectivity index (χ1) is 11.3. The molecule has 0 N–H and O–H groups in total. The minimum Gasteiger partial charge on any atom is -0.460 e. The van der Waals surface area contributed by atoms with Gasteiger partial charge in [-0.25, -0.2) is 18.0 Å². The first-order valence-corrected chi connectivity index (χ1v) is 9.31. The summed E-state index contributed by atoms with van der Waals surface area (Å²) in [5.41, 5.74) is 0.0834. The second-order valence-electron chi connectivity index (χ2n) is 6.16. The third kappa shape index (κ3) is 3.05. The van der Waals surface area contributed by atoms with Crippen molar-refractivity contribution < 1.29 is 27.5 Å². The zero-order valence-corrected chi connectivity index (χ0v) is 14.4. The summed E-state index contributed by atoms with van der Waals surface area (Å²) >= 11 is 0. The molecule has 0 spiro atoms. The minimum absolute atomic E-state index is 0.0567. The maximum atomic E-state index is 12.5. The first kappa shape index (κ1) is 17.0. The van der Waals surface area contributed by atoms with Crippen LogP contribution >= 0.6 is 0 Å². The number of hydrogen-bond acceptors (Lipinski definition) is 6. The van der Waals surface area contributed by atoms with Crippen LogP contribution in [0.1, 0.15) is 36.7 Å². The molecular formula is C15H20N2O6S. The summed E-state index contributed by atoms with van der Waals surface area (Å²) in [6.07, 6.45) is 2.12. The molecule has 0 aromatic carbocycles. The molecule has 24 heavy (non-hydrogen) atoms. The van der Waals surface area contributed by atoms with Crippen LogP contribution in [0, 0.1) is 0 Å². The summed E-state index contributed by atoms with van der Waals surface area (Å²) in [6, 6.07) is 1.29. The zero-order valence-electron chi connectivity index (χ0n) is 13.6. The molecule has 1 aromatic rings. The fourth-order valence-electron chi connectivity index (χ4n) is 2.96. The smallest absolute Gasteiger partial charge is 0.355 e. The number of esters is 2. The van der Waals surface area contributed by atoms with Gasteiger partial charge < -0.3 is 14.0 Å². The molecule has 3 heterocycles. The molecule has 2 unspecified atom stereocenters. The van der Waals surface area contributed by atoms with Crippen molar-refractivity contribution in [1.82, 2.24) is 8.87 Å². The summed E-state index contributed by atoms with van der Waals surface area (Å²) in [7, 11) is -2.04. The van der Waals surface area contributed by atoms with E-state index in [2.05, 4.69) is 0 Å². The molecule has 2 fully saturated rings. The third-order valence-corrected chi connectivity index (χ3v) is 6.13. The fraction of sp³-hybridized carbons (Fsp3) is 0.600. The Morgan fingerprint density at radius 1 is 1.33 bits per heavy atom. The predicted molar refractivity (Wildman–Crippen MR) is 82.8 cm³/mol. The number of nitrogens with zero attached hydrogens (tertiary/aromatic N) is 2. The highest BCUT2D eigenvalue weighted by Crippen LogP contribution is 2.24. The number of rotatable bonds is 4. The van der Waals surface area contributed by atoms with Gasteiger partial charge in [0, 0.05) is 32.8 Å². The highest BCUT2D eigenvalue weighted by molar-refractivity contribution is 7.89. The number of cyclic esters (lactones) is 1. The SMILES string of the molecule is CC1CC(OC(=O)c2cc(S(=O)(=O)N3CCCC3)cn2C)C(=O)O1. The summed E-state index contributed by atoms with van der Waals surface area (Å²) in [6.45, 7) is 2.70. The highest BCUT2D eigenvalue weighted by atomic mass is 32.2. The quantitative estimate of drug-likeness (QED) is 0.736. The number of sulfonamides is 1. The van der Waals surface area contributed by atoms with Crippen molar-refractivity contribution >= 4 is 22.0 Å². The van der Waals surface area contributed by atoms with Gasteiger partial charge in [0.2, 0.25) is 16.1 Å². The van der Waals surface area contributed by atoms with E-state index in [9.17, 15) is 18.0 Å². The average molecular weight is 356 g/mol. The van der Waals surface area contributed by atoms with Gasteiger partial charge in [-0.15, -0.1) is 0 Å². The molecule has 0 radical (unpaired) electrons. The number of aryl methyl sites for hydroxylation is 1. The van der Waals surface area contributed by atoms with Crippen LogP contribution in [-0.4, -0.2) is 54.5 Å². The van der Waals surface area contributed by atoms with Crippen LogP contribution in [0.25, 0.3) is 0 Å². The van der Waals surface area contributed by atoms with Crippen LogP contribution in [0.15, 0.2) is 17.2 Å². The largest absolute Gasteiger partial charge is 0.460 e. The Labute approximate surface area is 140 Å². The maximum Gasteiger partial charge on any atom is 0.355 e. The van der Waals surface area contributed by atoms with Gasteiger partial charge in [0.15, 0.2) is 0 Å². The Kier molecular flexibility index (Phi) is 4.39. The summed E-state index contributed by atoms with van der Waals surface area (Å²) in [4.78, 5) is 23.9. The van der Waals surface area contributed by atoms with Crippen LogP contribution in [-0.2, 0) is 31.3 Å². The number of aromatic nitrogens is 1. The molecule has 2 aliphatic heterocycles. The standard InChI is InChI=1S/C15H20N2O6S/c1-10-7-13(15(19)22-10)23-14(18)12-8-11(9-16(12)2)24(20,21)17-5-3-4-6-17/h8-10,13H,3-7H2,1-2H3. The van der Waals surface area contributed by atoms with Crippen LogP contribution in [0.3, 0.4) is 0 Å². The normalized spacial score (nSPS) is 25.0. The van der Waals surface area contributed by atoms with E-state index in [-0.39, 0.29) is 16.7 Å². The Hall–Kier alpha value is -1.87. The van der Waals surface area contributed by atoms with Gasteiger partial charge in [-0.2, -0.15) is 4.31 Å². The van der Waals surface area contributed by atoms with E-state index in [0.29, 0.717) is 19.5 Å². The molecule has 0 saturated carbocycles. The van der Waals surface area contributed by atoms with Gasteiger partial charge in [0.05, 0.1) is 0 Å². The van der Waals surface area contributed by atoms with Crippen molar-refractivity contribution in [3.8, 4) is 0 Å². The van der Waals surface area contributed by atoms with E-state index in [1.807, 2.05) is 0 Å². The summed E-state index contributed by atoms with van der Waals surface area (Å²) in [5.74, 6) is -1.31. The molecule has 0 amide bonds. The number of hydrogen-bond donors (Lipinski definition) is 0. The number of carbonyl (C=O) groups excluding carboxylic acids is 2. The molecule has 2 atom stereocenters. The van der Waals surface area contributed by atoms with E-state index in [1.54, 1.807) is 14.0 Å². The van der Waals surface area contributed by atoms with Crippen molar-refractivity contribution in [2.75, 3.05) is 13.1 Å². The van der Waals surface area contributed by atoms with Crippen molar-refractivity contribution in [2.24, 2.45) is 7.05 Å². The highest BCUT2D eigenvalue weighted by Gasteiger charge is 2.36. The second kappa shape index (κ2) is 6.21. The van der Waals surface area contributed by atoms with Crippen molar-refractivity contribution in [3.63, 3.8) is 0 Å². The van der Waals surface area contributed by atoms with Gasteiger partial charge in [-0.05, 0) is 25.8 Å². The Balaban J connectivity index is 1.78. The third-order valence-electron chi connectivity index (χ3n) is 4.27. The molecule has 0 bridgehead atoms. The Morgan fingerprint density at radius 3 is 2.58 bits per heavy atom. The summed E-state index contributed by atoms with van der Waals surface area (Å²) < 4.78 is 38.0. The van der Waals surface area contributed by atoms with Gasteiger partial charge in [-0.1, -0.05) is 0 Å². The number of carbonyl (C=O) groups is 2. The molecule has 8 nitrogen and oxygen atoms in total. The topological polar surface area (TPSA) is 94.9 Å². The van der Waals surface area contributed by atoms with E-state index in [0.717, 1.165) is 12.8 Å². The lowest BCUT2D eigenvalue weighted by molar-refractivity contribution is -0.147. The van der Waals surface area contributed by atoms with Gasteiger partial charge in [-0.3, -0.25) is 0 Å². The van der Waals surface area contributed by atoms with Crippen molar-refractivity contribution in [2.45, 2.75) is 43.3 Å². The monoisotopic (exact) mass is 356 g/mol. The molecule has 1 aromatic heterocycles. The van der Waals surface area contributed by atoms with Crippen molar-refractivity contribution in [1.29, 1.82) is 0 Å². The minimum atomic E-state index is -3.61. The van der Waals surface area contributed by atoms with Crippen LogP contribution in [0.4, 0.5) is 0 Å². The average Bonchev–Trinajstić information content (AvgIpc) is 3.20. The lowest BCUT2D eigenvalue weighted by Crippen LogP contribution is -2.27. The Morgan fingerprint density at radius 2 is 2.00 bits per heavy atom. The number of ether oxygens (including phenoxy) is 2. The predicted octanol–water partition coefficient (Wildman–Crippen LogP) is 0.670. The van der Waals surface area contributed by atoms with Crippen LogP contribution in [0.5, 0.6) is 0 Å². The zero-order chi connectivity index (χ0) is 17.5. The van der Waals surface area contributed by atoms with Gasteiger partial charge in [0.25, 0.3) is 0 Å². The van der Waals surface area contributed by atoms with E-state index >= 15 is 0 Å². The summed E-state index contributed by atoms with van der Waals surface area (Å²) in [5, 5.41) is 0. The molecule has 132 valence electrons. The van der Waals surface area contributed by atoms with Crippen molar-refractivity contribution in [3.05, 3.63) is 18.0 Å². The lowest BCUT2D eigenvalue weighted by atomic mass is 10.2. The van der Waals surface area contributed by atoms with E-state index in [4.69, 9.17) is 9.47 Å².